The standard InChI is InChI=1S/C14H28N2O/c1-4-13-8-15-14(2,3)11-16(13)9-12-6-5-7-17-10-12/h12-13,15H,4-11H2,1-3H3. The molecule has 0 radical (unpaired) electrons. The van der Waals surface area contributed by atoms with E-state index in [4.69, 9.17) is 4.74 Å². The van der Waals surface area contributed by atoms with Crippen molar-refractivity contribution < 1.29 is 4.74 Å². The van der Waals surface area contributed by atoms with Crippen LogP contribution in [0.5, 0.6) is 0 Å². The first-order valence-corrected chi connectivity index (χ1v) is 7.17. The predicted molar refractivity (Wildman–Crippen MR) is 71.3 cm³/mol. The summed E-state index contributed by atoms with van der Waals surface area (Å²) in [5, 5.41) is 3.65. The molecule has 3 nitrogen and oxygen atoms in total. The maximum Gasteiger partial charge on any atom is 0.0506 e. The molecule has 2 heterocycles. The molecule has 2 aliphatic heterocycles. The molecule has 0 aromatic rings. The van der Waals surface area contributed by atoms with Gasteiger partial charge >= 0.3 is 0 Å². The van der Waals surface area contributed by atoms with Gasteiger partial charge < -0.3 is 10.1 Å². The summed E-state index contributed by atoms with van der Waals surface area (Å²) in [6.45, 7) is 12.4. The van der Waals surface area contributed by atoms with Crippen molar-refractivity contribution >= 4 is 0 Å². The average Bonchev–Trinajstić information content (AvgIpc) is 2.30. The molecule has 0 amide bonds. The van der Waals surface area contributed by atoms with Crippen LogP contribution in [0.25, 0.3) is 0 Å². The third-order valence-corrected chi connectivity index (χ3v) is 4.15. The summed E-state index contributed by atoms with van der Waals surface area (Å²) in [6, 6.07) is 0.713. The summed E-state index contributed by atoms with van der Waals surface area (Å²) in [4.78, 5) is 2.69. The smallest absolute Gasteiger partial charge is 0.0506 e. The zero-order chi connectivity index (χ0) is 12.3. The Hall–Kier alpha value is -0.120. The number of piperazine rings is 1. The highest BCUT2D eigenvalue weighted by atomic mass is 16.5. The van der Waals surface area contributed by atoms with Crippen molar-refractivity contribution in [3.05, 3.63) is 0 Å². The van der Waals surface area contributed by atoms with Crippen molar-refractivity contribution in [2.75, 3.05) is 32.8 Å². The molecule has 0 bridgehead atoms. The molecule has 3 heteroatoms. The molecule has 2 fully saturated rings. The minimum atomic E-state index is 0.265. The third-order valence-electron chi connectivity index (χ3n) is 4.15. The first-order valence-electron chi connectivity index (χ1n) is 7.17. The Kier molecular flexibility index (Phi) is 4.45. The molecule has 17 heavy (non-hydrogen) atoms. The van der Waals surface area contributed by atoms with E-state index in [1.54, 1.807) is 0 Å². The topological polar surface area (TPSA) is 24.5 Å². The quantitative estimate of drug-likeness (QED) is 0.815. The monoisotopic (exact) mass is 240 g/mol. The summed E-state index contributed by atoms with van der Waals surface area (Å²) in [5.41, 5.74) is 0.265. The fraction of sp³-hybridized carbons (Fsp3) is 1.00. The lowest BCUT2D eigenvalue weighted by Crippen LogP contribution is -2.62. The fourth-order valence-electron chi connectivity index (χ4n) is 3.12. The second-order valence-corrected chi connectivity index (χ2v) is 6.34. The molecule has 2 aliphatic rings. The van der Waals surface area contributed by atoms with E-state index in [1.165, 1.54) is 32.4 Å². The molecule has 2 atom stereocenters. The van der Waals surface area contributed by atoms with Crippen LogP contribution in [0.3, 0.4) is 0 Å². The summed E-state index contributed by atoms with van der Waals surface area (Å²) < 4.78 is 5.60. The van der Waals surface area contributed by atoms with E-state index in [-0.39, 0.29) is 5.54 Å². The van der Waals surface area contributed by atoms with Gasteiger partial charge in [0.15, 0.2) is 0 Å². The van der Waals surface area contributed by atoms with Crippen LogP contribution in [0.15, 0.2) is 0 Å². The molecule has 0 aromatic carbocycles. The van der Waals surface area contributed by atoms with E-state index in [2.05, 4.69) is 31.0 Å². The van der Waals surface area contributed by atoms with Crippen LogP contribution in [-0.4, -0.2) is 49.3 Å². The number of nitrogens with zero attached hydrogens (tertiary/aromatic N) is 1. The number of rotatable bonds is 3. The molecule has 2 rings (SSSR count). The van der Waals surface area contributed by atoms with Gasteiger partial charge in [0.05, 0.1) is 6.61 Å². The molecule has 0 aromatic heterocycles. The van der Waals surface area contributed by atoms with Crippen LogP contribution in [0.4, 0.5) is 0 Å². The highest BCUT2D eigenvalue weighted by Gasteiger charge is 2.32. The largest absolute Gasteiger partial charge is 0.381 e. The third kappa shape index (κ3) is 3.67. The highest BCUT2D eigenvalue weighted by molar-refractivity contribution is 4.92. The van der Waals surface area contributed by atoms with Crippen LogP contribution in [0, 0.1) is 5.92 Å². The molecule has 0 aliphatic carbocycles. The number of ether oxygens (including phenoxy) is 1. The van der Waals surface area contributed by atoms with Crippen LogP contribution >= 0.6 is 0 Å². The van der Waals surface area contributed by atoms with Gasteiger partial charge in [-0.1, -0.05) is 6.92 Å². The molecule has 1 N–H and O–H groups in total. The molecule has 2 saturated heterocycles. The van der Waals surface area contributed by atoms with E-state index in [9.17, 15) is 0 Å². The maximum absolute atomic E-state index is 5.60. The van der Waals surface area contributed by atoms with Gasteiger partial charge in [0.2, 0.25) is 0 Å². The summed E-state index contributed by atoms with van der Waals surface area (Å²) in [5.74, 6) is 0.756. The van der Waals surface area contributed by atoms with Gasteiger partial charge in [-0.25, -0.2) is 0 Å². The molecule has 0 spiro atoms. The van der Waals surface area contributed by atoms with Crippen LogP contribution < -0.4 is 5.32 Å². The van der Waals surface area contributed by atoms with Crippen molar-refractivity contribution in [3.8, 4) is 0 Å². The molecule has 0 saturated carbocycles. The molecular weight excluding hydrogens is 212 g/mol. The maximum atomic E-state index is 5.60. The molecule has 2 unspecified atom stereocenters. The zero-order valence-corrected chi connectivity index (χ0v) is 11.7. The average molecular weight is 240 g/mol. The van der Waals surface area contributed by atoms with Gasteiger partial charge in [-0.3, -0.25) is 4.90 Å². The van der Waals surface area contributed by atoms with E-state index >= 15 is 0 Å². The van der Waals surface area contributed by atoms with Crippen LogP contribution in [0.1, 0.15) is 40.0 Å². The van der Waals surface area contributed by atoms with Gasteiger partial charge in [-0.15, -0.1) is 0 Å². The summed E-state index contributed by atoms with van der Waals surface area (Å²) >= 11 is 0. The van der Waals surface area contributed by atoms with E-state index in [0.29, 0.717) is 6.04 Å². The van der Waals surface area contributed by atoms with Gasteiger partial charge in [-0.2, -0.15) is 0 Å². The Morgan fingerprint density at radius 1 is 1.41 bits per heavy atom. The van der Waals surface area contributed by atoms with Crippen molar-refractivity contribution in [3.63, 3.8) is 0 Å². The Morgan fingerprint density at radius 3 is 2.88 bits per heavy atom. The summed E-state index contributed by atoms with van der Waals surface area (Å²) in [6.07, 6.45) is 3.84. The van der Waals surface area contributed by atoms with Crippen molar-refractivity contribution in [2.24, 2.45) is 5.92 Å². The van der Waals surface area contributed by atoms with Crippen molar-refractivity contribution in [1.82, 2.24) is 10.2 Å². The molecule has 100 valence electrons. The van der Waals surface area contributed by atoms with E-state index < -0.39 is 0 Å². The normalized spacial score (nSPS) is 34.8. The highest BCUT2D eigenvalue weighted by Crippen LogP contribution is 2.21. The second kappa shape index (κ2) is 5.68. The lowest BCUT2D eigenvalue weighted by Gasteiger charge is -2.46. The van der Waals surface area contributed by atoms with Gasteiger partial charge in [-0.05, 0) is 39.0 Å². The van der Waals surface area contributed by atoms with Crippen LogP contribution in [-0.2, 0) is 4.74 Å². The Morgan fingerprint density at radius 2 is 2.24 bits per heavy atom. The van der Waals surface area contributed by atoms with Gasteiger partial charge in [0, 0.05) is 37.8 Å². The SMILES string of the molecule is CCC1CNC(C)(C)CN1CC1CCCOC1. The second-order valence-electron chi connectivity index (χ2n) is 6.34. The number of hydrogen-bond acceptors (Lipinski definition) is 3. The fourth-order valence-corrected chi connectivity index (χ4v) is 3.12. The lowest BCUT2D eigenvalue weighted by molar-refractivity contribution is 0.0134. The van der Waals surface area contributed by atoms with Crippen molar-refractivity contribution in [1.29, 1.82) is 0 Å². The number of nitrogens with one attached hydrogen (secondary N) is 1. The Bertz CT molecular complexity index is 236. The molecular formula is C14H28N2O. The Labute approximate surface area is 106 Å². The van der Waals surface area contributed by atoms with E-state index in [1.807, 2.05) is 0 Å². The first kappa shape index (κ1) is 13.3. The Balaban J connectivity index is 1.90. The minimum absolute atomic E-state index is 0.265. The predicted octanol–water partition coefficient (Wildman–Crippen LogP) is 1.88. The first-order chi connectivity index (χ1) is 8.11. The summed E-state index contributed by atoms with van der Waals surface area (Å²) in [7, 11) is 0. The van der Waals surface area contributed by atoms with E-state index in [0.717, 1.165) is 25.7 Å². The van der Waals surface area contributed by atoms with Crippen molar-refractivity contribution in [2.45, 2.75) is 51.6 Å². The van der Waals surface area contributed by atoms with Gasteiger partial charge in [0.25, 0.3) is 0 Å². The zero-order valence-electron chi connectivity index (χ0n) is 11.7. The number of hydrogen-bond donors (Lipinski definition) is 1. The minimum Gasteiger partial charge on any atom is -0.381 e. The van der Waals surface area contributed by atoms with Gasteiger partial charge in [0.1, 0.15) is 0 Å². The van der Waals surface area contributed by atoms with Crippen LogP contribution in [0.2, 0.25) is 0 Å². The lowest BCUT2D eigenvalue weighted by atomic mass is 9.94.